The van der Waals surface area contributed by atoms with E-state index in [-0.39, 0.29) is 111 Å². The second-order valence-corrected chi connectivity index (χ2v) is 13.2. The van der Waals surface area contributed by atoms with Crippen molar-refractivity contribution < 1.29 is 154 Å². The SMILES string of the molecule is O.O=C([O-])CN(CCN(CC(=O)[O-])CC(=O)NCCOC(=O)CO/N=C\C[C@H](O)[C@H](O)[C@H](O)CO)CCN(CC(=O)[O-])CC(=O)NCCOC(=O)CO/N=C/C[C@H](O)[C@H](O)[C@H](O)CO.[Gd+3]. The van der Waals surface area contributed by atoms with Crippen molar-refractivity contribution in [1.29, 1.82) is 0 Å². The predicted molar refractivity (Wildman–Crippen MR) is 204 cm³/mol. The quantitative estimate of drug-likeness (QED) is 0.0119. The van der Waals surface area contributed by atoms with Gasteiger partial charge in [0.1, 0.15) is 37.6 Å². The smallest absolute Gasteiger partial charge is 0.549 e. The molecule has 0 aliphatic carbocycles. The van der Waals surface area contributed by atoms with Crippen LogP contribution in [0.2, 0.25) is 0 Å². The van der Waals surface area contributed by atoms with Crippen molar-refractivity contribution >= 4 is 54.1 Å². The Balaban J connectivity index is -0.0000192. The molecule has 0 rings (SSSR count). The van der Waals surface area contributed by atoms with Crippen LogP contribution in [-0.2, 0) is 52.7 Å². The first kappa shape index (κ1) is 65.4. The molecule has 1 radical (unpaired) electrons. The Labute approximate surface area is 403 Å². The van der Waals surface area contributed by atoms with Gasteiger partial charge in [-0.3, -0.25) is 24.3 Å². The van der Waals surface area contributed by atoms with Crippen LogP contribution in [0.4, 0.5) is 0 Å². The molecule has 0 unspecified atom stereocenters. The number of nitrogens with one attached hydrogen (secondary N) is 2. The van der Waals surface area contributed by atoms with Gasteiger partial charge in [0, 0.05) is 71.1 Å². The number of carbonyl (C=O) groups excluding carboxylic acids is 7. The summed E-state index contributed by atoms with van der Waals surface area (Å²) in [6.07, 6.45) is -8.01. The van der Waals surface area contributed by atoms with Gasteiger partial charge in [0.15, 0.2) is 0 Å². The summed E-state index contributed by atoms with van der Waals surface area (Å²) in [5, 5.41) is 120. The van der Waals surface area contributed by atoms with Crippen molar-refractivity contribution in [2.45, 2.75) is 49.5 Å². The minimum atomic E-state index is -1.65. The summed E-state index contributed by atoms with van der Waals surface area (Å²) in [7, 11) is 0. The van der Waals surface area contributed by atoms with Gasteiger partial charge in [0.25, 0.3) is 0 Å². The molecule has 12 N–H and O–H groups in total. The number of hydrogen-bond acceptors (Lipinski definition) is 27. The first-order valence-corrected chi connectivity index (χ1v) is 19.0. The molecule has 0 saturated carbocycles. The fourth-order valence-electron chi connectivity index (χ4n) is 4.72. The summed E-state index contributed by atoms with van der Waals surface area (Å²) in [5.74, 6) is -7.97. The Morgan fingerprint density at radius 3 is 1.18 bits per heavy atom. The van der Waals surface area contributed by atoms with E-state index in [9.17, 15) is 79.5 Å². The molecule has 65 heavy (non-hydrogen) atoms. The zero-order valence-electron chi connectivity index (χ0n) is 34.9. The molecule has 0 spiro atoms. The van der Waals surface area contributed by atoms with Crippen molar-refractivity contribution in [2.75, 3.05) is 112 Å². The number of ether oxygens (including phenoxy) is 2. The number of aliphatic carboxylic acids is 3. The van der Waals surface area contributed by atoms with E-state index in [4.69, 9.17) is 19.7 Å². The Morgan fingerprint density at radius 1 is 0.538 bits per heavy atom. The number of amides is 2. The van der Waals surface area contributed by atoms with Gasteiger partial charge in [-0.2, -0.15) is 0 Å². The molecule has 0 aromatic carbocycles. The third-order valence-electron chi connectivity index (χ3n) is 7.94. The number of carboxylic acids is 3. The second-order valence-electron chi connectivity index (χ2n) is 13.2. The summed E-state index contributed by atoms with van der Waals surface area (Å²) < 4.78 is 9.70. The zero-order valence-corrected chi connectivity index (χ0v) is 37.2. The van der Waals surface area contributed by atoms with Crippen LogP contribution >= 0.6 is 0 Å². The normalized spacial score (nSPS) is 14.1. The summed E-state index contributed by atoms with van der Waals surface area (Å²) in [4.78, 5) is 95.5. The van der Waals surface area contributed by atoms with Gasteiger partial charge in [-0.25, -0.2) is 9.59 Å². The van der Waals surface area contributed by atoms with E-state index >= 15 is 0 Å². The molecule has 31 heteroatoms. The number of esters is 2. The summed E-state index contributed by atoms with van der Waals surface area (Å²) >= 11 is 0. The van der Waals surface area contributed by atoms with Crippen LogP contribution in [0.5, 0.6) is 0 Å². The number of aliphatic hydroxyl groups excluding tert-OH is 8. The summed E-state index contributed by atoms with van der Waals surface area (Å²) in [6, 6.07) is 0. The second kappa shape index (κ2) is 39.3. The molecule has 6 atom stereocenters. The van der Waals surface area contributed by atoms with Crippen LogP contribution < -0.4 is 26.0 Å². The van der Waals surface area contributed by atoms with Crippen molar-refractivity contribution in [3.05, 3.63) is 0 Å². The van der Waals surface area contributed by atoms with Gasteiger partial charge in [-0.05, 0) is 0 Å². The number of carbonyl (C=O) groups is 7. The molecule has 0 fully saturated rings. The van der Waals surface area contributed by atoms with E-state index in [0.29, 0.717) is 0 Å². The number of rotatable bonds is 38. The molecule has 0 aliphatic heterocycles. The molecule has 0 saturated heterocycles. The molecule has 0 aliphatic rings. The predicted octanol–water partition coefficient (Wildman–Crippen LogP) is -13.4. The largest absolute Gasteiger partial charge is 3.00 e. The van der Waals surface area contributed by atoms with Crippen LogP contribution in [0.1, 0.15) is 12.8 Å². The van der Waals surface area contributed by atoms with Crippen LogP contribution in [0.25, 0.3) is 0 Å². The minimum absolute atomic E-state index is 0. The summed E-state index contributed by atoms with van der Waals surface area (Å²) in [5.41, 5.74) is 0. The van der Waals surface area contributed by atoms with Crippen molar-refractivity contribution in [2.24, 2.45) is 10.3 Å². The number of nitrogens with zero attached hydrogens (tertiary/aromatic N) is 5. The van der Waals surface area contributed by atoms with E-state index < -0.39 is 137 Å². The molecule has 0 heterocycles. The van der Waals surface area contributed by atoms with E-state index in [0.717, 1.165) is 22.2 Å². The maximum atomic E-state index is 12.5. The Kier molecular flexibility index (Phi) is 39.5. The Bertz CT molecular complexity index is 1360. The molecular weight excluding hydrogens is 1030 g/mol. The topological polar surface area (TPSA) is 477 Å². The fourth-order valence-corrected chi connectivity index (χ4v) is 4.72. The number of aliphatic hydroxyl groups is 8. The van der Waals surface area contributed by atoms with Crippen LogP contribution in [-0.4, -0.2) is 263 Å². The average Bonchev–Trinajstić information content (AvgIpc) is 3.22. The number of hydrogen-bond donors (Lipinski definition) is 10. The van der Waals surface area contributed by atoms with Crippen LogP contribution in [0.15, 0.2) is 10.3 Å². The van der Waals surface area contributed by atoms with Gasteiger partial charge in [-0.15, -0.1) is 0 Å². The van der Waals surface area contributed by atoms with Crippen LogP contribution in [0, 0.1) is 39.9 Å². The average molecular weight is 1090 g/mol. The van der Waals surface area contributed by atoms with Gasteiger partial charge in [-0.1, -0.05) is 10.3 Å². The van der Waals surface area contributed by atoms with Crippen molar-refractivity contribution in [3.8, 4) is 0 Å². The number of oxime groups is 2. The van der Waals surface area contributed by atoms with Crippen molar-refractivity contribution in [1.82, 2.24) is 25.3 Å². The van der Waals surface area contributed by atoms with E-state index in [1.165, 1.54) is 4.90 Å². The molecule has 0 aromatic rings. The van der Waals surface area contributed by atoms with Gasteiger partial charge in [0.05, 0.1) is 69.5 Å². The van der Waals surface area contributed by atoms with Crippen LogP contribution in [0.3, 0.4) is 0 Å². The minimum Gasteiger partial charge on any atom is -0.549 e. The number of carboxylic acid groups (broad SMARTS) is 3. The Hall–Kier alpha value is -3.93. The molecule has 30 nitrogen and oxygen atoms in total. The monoisotopic (exact) mass is 1090 g/mol. The third kappa shape index (κ3) is 35.0. The zero-order chi connectivity index (χ0) is 47.7. The van der Waals surface area contributed by atoms with E-state index in [2.05, 4.69) is 30.6 Å². The van der Waals surface area contributed by atoms with Gasteiger partial charge >= 0.3 is 51.9 Å². The third-order valence-corrected chi connectivity index (χ3v) is 7.94. The molecule has 0 aromatic heterocycles. The van der Waals surface area contributed by atoms with Crippen molar-refractivity contribution in [3.63, 3.8) is 0 Å². The first-order valence-electron chi connectivity index (χ1n) is 19.0. The first-order chi connectivity index (χ1) is 29.8. The van der Waals surface area contributed by atoms with E-state index in [1.807, 2.05) is 0 Å². The standard InChI is InChI=1S/C34H59N7O22.Gd.H2O/c42-18-24(46)33(58)22(44)1-3-37-62-20-31(56)60-11-5-35-26(48)13-40(16-29(52)53)9-7-39(15-28(50)51)8-10-41(17-30(54)55)14-27(49)36-6-12-61-32(57)21-63-38-4-2-23(45)34(59)25(47)19-43;;/h3-4,22-25,33-34,42-47,58-59H,1-2,5-21H2,(H,35,48)(H,36,49)(H,50,51)(H,52,53)(H,54,55);;1H2/q;+3;/p-3/b37-3-,38-4+;;/t22-,23-,24+,25+,33-,34-;;/m0../s1. The van der Waals surface area contributed by atoms with E-state index in [1.54, 1.807) is 0 Å². The van der Waals surface area contributed by atoms with Gasteiger partial charge in [0.2, 0.25) is 25.0 Å². The Morgan fingerprint density at radius 2 is 0.862 bits per heavy atom. The molecular formula is C34H58GdN7O23. The maximum absolute atomic E-state index is 12.5. The molecule has 2 amide bonds. The van der Waals surface area contributed by atoms with Gasteiger partial charge < -0.3 is 106 Å². The maximum Gasteiger partial charge on any atom is 3.00 e. The molecule has 375 valence electrons. The summed E-state index contributed by atoms with van der Waals surface area (Å²) in [6.45, 7) is -8.17. The fraction of sp³-hybridized carbons (Fsp3) is 0.735. The molecule has 0 bridgehead atoms.